The molecule has 0 unspecified atom stereocenters. The van der Waals surface area contributed by atoms with Crippen LogP contribution in [0.4, 0.5) is 10.1 Å². The van der Waals surface area contributed by atoms with E-state index in [0.717, 1.165) is 10.0 Å². The van der Waals surface area contributed by atoms with Gasteiger partial charge in [-0.05, 0) is 50.1 Å². The molecule has 0 saturated carbocycles. The van der Waals surface area contributed by atoms with E-state index in [-0.39, 0.29) is 5.82 Å². The van der Waals surface area contributed by atoms with Crippen molar-refractivity contribution in [2.75, 3.05) is 5.73 Å². The van der Waals surface area contributed by atoms with Gasteiger partial charge in [0.05, 0.1) is 4.47 Å². The van der Waals surface area contributed by atoms with Crippen LogP contribution in [0.1, 0.15) is 5.56 Å². The lowest BCUT2D eigenvalue weighted by molar-refractivity contribution is 0.302. The number of rotatable bonds is 3. The van der Waals surface area contributed by atoms with Gasteiger partial charge in [0, 0.05) is 21.8 Å². The second-order valence-corrected chi connectivity index (χ2v) is 5.33. The Labute approximate surface area is 121 Å². The van der Waals surface area contributed by atoms with E-state index in [9.17, 15) is 4.39 Å². The number of anilines is 1. The maximum absolute atomic E-state index is 13.1. The van der Waals surface area contributed by atoms with Crippen LogP contribution in [-0.2, 0) is 6.61 Å². The minimum Gasteiger partial charge on any atom is -0.488 e. The highest BCUT2D eigenvalue weighted by atomic mass is 79.9. The predicted molar refractivity (Wildman–Crippen MR) is 77.0 cm³/mol. The van der Waals surface area contributed by atoms with E-state index in [1.54, 1.807) is 12.1 Å². The lowest BCUT2D eigenvalue weighted by atomic mass is 10.2. The minimum absolute atomic E-state index is 0.313. The van der Waals surface area contributed by atoms with Gasteiger partial charge >= 0.3 is 0 Å². The smallest absolute Gasteiger partial charge is 0.136 e. The fraction of sp³-hybridized carbons (Fsp3) is 0.0769. The molecule has 0 saturated heterocycles. The van der Waals surface area contributed by atoms with Crippen molar-refractivity contribution in [2.45, 2.75) is 6.61 Å². The molecule has 2 nitrogen and oxygen atoms in total. The Hall–Kier alpha value is -1.07. The summed E-state index contributed by atoms with van der Waals surface area (Å²) in [6.45, 7) is 0.313. The van der Waals surface area contributed by atoms with Gasteiger partial charge in [-0.2, -0.15) is 0 Å². The Morgan fingerprint density at radius 1 is 1.17 bits per heavy atom. The van der Waals surface area contributed by atoms with Crippen LogP contribution >= 0.6 is 31.9 Å². The molecule has 0 aromatic heterocycles. The molecule has 2 N–H and O–H groups in total. The first-order valence-electron chi connectivity index (χ1n) is 5.18. The zero-order chi connectivity index (χ0) is 13.1. The molecule has 0 aliphatic carbocycles. The molecule has 0 radical (unpaired) electrons. The number of nitrogen functional groups attached to an aromatic ring is 1. The summed E-state index contributed by atoms with van der Waals surface area (Å²) in [5, 5.41) is 0. The monoisotopic (exact) mass is 373 g/mol. The van der Waals surface area contributed by atoms with Crippen molar-refractivity contribution < 1.29 is 9.13 Å². The molecule has 2 rings (SSSR count). The van der Waals surface area contributed by atoms with Gasteiger partial charge in [-0.15, -0.1) is 0 Å². The van der Waals surface area contributed by atoms with Crippen LogP contribution in [-0.4, -0.2) is 0 Å². The SMILES string of the molecule is Nc1cccc(COc2cc(F)ccc2Br)c1Br. The van der Waals surface area contributed by atoms with Crippen molar-refractivity contribution in [3.8, 4) is 5.75 Å². The van der Waals surface area contributed by atoms with Gasteiger partial charge in [-0.3, -0.25) is 0 Å². The molecule has 0 bridgehead atoms. The van der Waals surface area contributed by atoms with E-state index in [1.807, 2.05) is 12.1 Å². The molecular formula is C13H10Br2FNO. The zero-order valence-corrected chi connectivity index (χ0v) is 12.5. The molecule has 0 aliphatic rings. The summed E-state index contributed by atoms with van der Waals surface area (Å²) >= 11 is 6.70. The van der Waals surface area contributed by atoms with Gasteiger partial charge in [0.25, 0.3) is 0 Å². The van der Waals surface area contributed by atoms with E-state index in [0.29, 0.717) is 22.5 Å². The Balaban J connectivity index is 2.16. The summed E-state index contributed by atoms with van der Waals surface area (Å²) in [6.07, 6.45) is 0. The fourth-order valence-corrected chi connectivity index (χ4v) is 2.19. The third kappa shape index (κ3) is 3.03. The molecule has 0 fully saturated rings. The van der Waals surface area contributed by atoms with E-state index in [4.69, 9.17) is 10.5 Å². The molecule has 0 atom stereocenters. The zero-order valence-electron chi connectivity index (χ0n) is 9.29. The molecule has 2 aromatic rings. The van der Waals surface area contributed by atoms with E-state index in [2.05, 4.69) is 31.9 Å². The molecule has 0 spiro atoms. The van der Waals surface area contributed by atoms with E-state index in [1.165, 1.54) is 12.1 Å². The Morgan fingerprint density at radius 2 is 1.94 bits per heavy atom. The highest BCUT2D eigenvalue weighted by molar-refractivity contribution is 9.11. The van der Waals surface area contributed by atoms with Gasteiger partial charge in [0.15, 0.2) is 0 Å². The first-order valence-corrected chi connectivity index (χ1v) is 6.77. The topological polar surface area (TPSA) is 35.2 Å². The second kappa shape index (κ2) is 5.71. The summed E-state index contributed by atoms with van der Waals surface area (Å²) in [7, 11) is 0. The van der Waals surface area contributed by atoms with Gasteiger partial charge in [0.1, 0.15) is 18.2 Å². The first-order chi connectivity index (χ1) is 8.58. The maximum atomic E-state index is 13.1. The minimum atomic E-state index is -0.333. The van der Waals surface area contributed by atoms with Crippen LogP contribution in [0.3, 0.4) is 0 Å². The molecule has 0 heterocycles. The molecule has 2 aromatic carbocycles. The van der Waals surface area contributed by atoms with Crippen LogP contribution < -0.4 is 10.5 Å². The predicted octanol–water partition coefficient (Wildman–Crippen LogP) is 4.51. The van der Waals surface area contributed by atoms with Crippen LogP contribution in [0, 0.1) is 5.82 Å². The average molecular weight is 375 g/mol. The summed E-state index contributed by atoms with van der Waals surface area (Å²) in [6, 6.07) is 9.86. The van der Waals surface area contributed by atoms with Crippen molar-refractivity contribution >= 4 is 37.5 Å². The molecule has 0 aliphatic heterocycles. The maximum Gasteiger partial charge on any atom is 0.136 e. The number of ether oxygens (including phenoxy) is 1. The summed E-state index contributed by atoms with van der Waals surface area (Å²) in [5.41, 5.74) is 7.33. The number of benzene rings is 2. The van der Waals surface area contributed by atoms with Gasteiger partial charge in [0.2, 0.25) is 0 Å². The van der Waals surface area contributed by atoms with Crippen LogP contribution in [0.15, 0.2) is 45.3 Å². The lowest BCUT2D eigenvalue weighted by Gasteiger charge is -2.10. The highest BCUT2D eigenvalue weighted by Crippen LogP contribution is 2.29. The van der Waals surface area contributed by atoms with E-state index >= 15 is 0 Å². The Bertz CT molecular complexity index is 573. The van der Waals surface area contributed by atoms with E-state index < -0.39 is 0 Å². The molecule has 0 amide bonds. The second-order valence-electron chi connectivity index (χ2n) is 3.68. The third-order valence-electron chi connectivity index (χ3n) is 2.38. The van der Waals surface area contributed by atoms with Crippen molar-refractivity contribution in [3.63, 3.8) is 0 Å². The van der Waals surface area contributed by atoms with Gasteiger partial charge < -0.3 is 10.5 Å². The van der Waals surface area contributed by atoms with Crippen molar-refractivity contribution in [1.82, 2.24) is 0 Å². The normalized spacial score (nSPS) is 10.4. The fourth-order valence-electron chi connectivity index (χ4n) is 1.45. The van der Waals surface area contributed by atoms with Crippen LogP contribution in [0.5, 0.6) is 5.75 Å². The lowest BCUT2D eigenvalue weighted by Crippen LogP contribution is -1.99. The molecule has 94 valence electrons. The number of nitrogens with two attached hydrogens (primary N) is 1. The van der Waals surface area contributed by atoms with Crippen molar-refractivity contribution in [2.24, 2.45) is 0 Å². The summed E-state index contributed by atoms with van der Waals surface area (Å²) in [4.78, 5) is 0. The Morgan fingerprint density at radius 3 is 2.72 bits per heavy atom. The number of halogens is 3. The standard InChI is InChI=1S/C13H10Br2FNO/c14-10-5-4-9(16)6-12(10)18-7-8-2-1-3-11(17)13(8)15/h1-6H,7,17H2. The van der Waals surface area contributed by atoms with Crippen molar-refractivity contribution in [1.29, 1.82) is 0 Å². The van der Waals surface area contributed by atoms with Gasteiger partial charge in [-0.25, -0.2) is 4.39 Å². The largest absolute Gasteiger partial charge is 0.488 e. The molecule has 18 heavy (non-hydrogen) atoms. The molecule has 5 heteroatoms. The quantitative estimate of drug-likeness (QED) is 0.802. The third-order valence-corrected chi connectivity index (χ3v) is 4.01. The van der Waals surface area contributed by atoms with Crippen LogP contribution in [0.25, 0.3) is 0 Å². The average Bonchev–Trinajstić information content (AvgIpc) is 2.35. The number of hydrogen-bond acceptors (Lipinski definition) is 2. The van der Waals surface area contributed by atoms with Gasteiger partial charge in [-0.1, -0.05) is 12.1 Å². The molecular weight excluding hydrogens is 365 g/mol. The Kier molecular flexibility index (Phi) is 4.24. The highest BCUT2D eigenvalue weighted by Gasteiger charge is 2.06. The summed E-state index contributed by atoms with van der Waals surface area (Å²) < 4.78 is 20.2. The summed E-state index contributed by atoms with van der Waals surface area (Å²) in [5.74, 6) is 0.129. The van der Waals surface area contributed by atoms with Crippen molar-refractivity contribution in [3.05, 3.63) is 56.7 Å². The van der Waals surface area contributed by atoms with Crippen LogP contribution in [0.2, 0.25) is 0 Å². The first kappa shape index (κ1) is 13.4. The number of hydrogen-bond donors (Lipinski definition) is 1.